The molecule has 3 heterocycles. The van der Waals surface area contributed by atoms with Gasteiger partial charge in [-0.1, -0.05) is 35.3 Å². The summed E-state index contributed by atoms with van der Waals surface area (Å²) in [6.07, 6.45) is 1.76. The lowest BCUT2D eigenvalue weighted by Gasteiger charge is -2.27. The molecule has 2 aromatic heterocycles. The highest BCUT2D eigenvalue weighted by Gasteiger charge is 2.43. The quantitative estimate of drug-likeness (QED) is 0.276. The van der Waals surface area contributed by atoms with Crippen molar-refractivity contribution in [2.45, 2.75) is 12.1 Å². The van der Waals surface area contributed by atoms with Crippen molar-refractivity contribution in [1.29, 1.82) is 0 Å². The van der Waals surface area contributed by atoms with E-state index in [1.54, 1.807) is 26.5 Å². The van der Waals surface area contributed by atoms with Crippen LogP contribution in [0.25, 0.3) is 11.3 Å². The van der Waals surface area contributed by atoms with Crippen molar-refractivity contribution in [3.05, 3.63) is 94.4 Å². The molecule has 0 unspecified atom stereocenters. The Bertz CT molecular complexity index is 1380. The topological polar surface area (TPSA) is 59.8 Å². The van der Waals surface area contributed by atoms with Crippen molar-refractivity contribution in [1.82, 2.24) is 10.3 Å². The molecule has 1 fully saturated rings. The molecular formula is C26H21Cl2N3O3S. The SMILES string of the molecule is COc1ccc(N2C(=S)N[C@@H](c3ccccn3)[C@@H]2c2ccc(-c3cccc(Cl)c3Cl)o2)c(OC)c1. The maximum absolute atomic E-state index is 6.46. The molecule has 35 heavy (non-hydrogen) atoms. The molecule has 1 aliphatic rings. The first kappa shape index (κ1) is 23.5. The van der Waals surface area contributed by atoms with Crippen LogP contribution in [0.2, 0.25) is 10.0 Å². The fraction of sp³-hybridized carbons (Fsp3) is 0.154. The molecule has 1 aliphatic heterocycles. The molecule has 1 saturated heterocycles. The van der Waals surface area contributed by atoms with Gasteiger partial charge in [0.05, 0.1) is 41.7 Å². The van der Waals surface area contributed by atoms with E-state index in [-0.39, 0.29) is 12.1 Å². The Morgan fingerprint density at radius 1 is 1.00 bits per heavy atom. The van der Waals surface area contributed by atoms with Crippen LogP contribution in [0.5, 0.6) is 11.5 Å². The number of furan rings is 1. The van der Waals surface area contributed by atoms with Crippen LogP contribution in [0, 0.1) is 0 Å². The lowest BCUT2D eigenvalue weighted by Crippen LogP contribution is -2.29. The maximum atomic E-state index is 6.46. The number of thiocarbonyl (C=S) groups is 1. The number of methoxy groups -OCH3 is 2. The predicted octanol–water partition coefficient (Wildman–Crippen LogP) is 6.84. The summed E-state index contributed by atoms with van der Waals surface area (Å²) < 4.78 is 17.4. The molecule has 0 radical (unpaired) electrons. The second-order valence-electron chi connectivity index (χ2n) is 7.84. The summed E-state index contributed by atoms with van der Waals surface area (Å²) >= 11 is 18.5. The van der Waals surface area contributed by atoms with E-state index in [9.17, 15) is 0 Å². The minimum Gasteiger partial charge on any atom is -0.497 e. The third-order valence-corrected chi connectivity index (χ3v) is 7.01. The van der Waals surface area contributed by atoms with Crippen LogP contribution in [0.4, 0.5) is 5.69 Å². The molecule has 1 N–H and O–H groups in total. The summed E-state index contributed by atoms with van der Waals surface area (Å²) in [4.78, 5) is 6.56. The van der Waals surface area contributed by atoms with Crippen molar-refractivity contribution in [3.8, 4) is 22.8 Å². The zero-order chi connectivity index (χ0) is 24.5. The lowest BCUT2D eigenvalue weighted by atomic mass is 10.0. The summed E-state index contributed by atoms with van der Waals surface area (Å²) in [6, 6.07) is 20.0. The average molecular weight is 526 g/mol. The molecular weight excluding hydrogens is 505 g/mol. The standard InChI is InChI=1S/C26H21Cl2N3O3S/c1-32-15-9-10-19(22(14-15)33-2)31-25(24(30-26(31)35)18-8-3-4-13-29-18)21-12-11-20(34-21)16-6-5-7-17(27)23(16)28/h3-14,24-25H,1-2H3,(H,30,35)/t24-,25-/m0/s1. The molecule has 9 heteroatoms. The molecule has 0 spiro atoms. The molecule has 0 saturated carbocycles. The van der Waals surface area contributed by atoms with Gasteiger partial charge in [-0.15, -0.1) is 0 Å². The van der Waals surface area contributed by atoms with Crippen LogP contribution in [0.15, 0.2) is 77.3 Å². The molecule has 0 bridgehead atoms. The largest absolute Gasteiger partial charge is 0.497 e. The molecule has 178 valence electrons. The predicted molar refractivity (Wildman–Crippen MR) is 142 cm³/mol. The van der Waals surface area contributed by atoms with Gasteiger partial charge in [-0.05, 0) is 60.7 Å². The van der Waals surface area contributed by atoms with Gasteiger partial charge >= 0.3 is 0 Å². The van der Waals surface area contributed by atoms with Gasteiger partial charge in [0.25, 0.3) is 0 Å². The first-order chi connectivity index (χ1) is 17.0. The molecule has 5 rings (SSSR count). The third kappa shape index (κ3) is 4.31. The Hall–Kier alpha value is -3.26. The number of halogens is 2. The Labute approximate surface area is 218 Å². The van der Waals surface area contributed by atoms with Gasteiger partial charge in [0, 0.05) is 17.8 Å². The number of hydrogen-bond donors (Lipinski definition) is 1. The Morgan fingerprint density at radius 2 is 1.86 bits per heavy atom. The smallest absolute Gasteiger partial charge is 0.174 e. The van der Waals surface area contributed by atoms with Crippen molar-refractivity contribution < 1.29 is 13.9 Å². The van der Waals surface area contributed by atoms with Gasteiger partial charge in [0.1, 0.15) is 29.1 Å². The molecule has 0 amide bonds. The Morgan fingerprint density at radius 3 is 2.60 bits per heavy atom. The van der Waals surface area contributed by atoms with Gasteiger partial charge < -0.3 is 24.1 Å². The normalized spacial score (nSPS) is 17.4. The average Bonchev–Trinajstić information content (AvgIpc) is 3.50. The number of anilines is 1. The summed E-state index contributed by atoms with van der Waals surface area (Å²) in [5.74, 6) is 2.57. The van der Waals surface area contributed by atoms with Crippen LogP contribution in [-0.2, 0) is 0 Å². The van der Waals surface area contributed by atoms with Crippen LogP contribution in [0.3, 0.4) is 0 Å². The van der Waals surface area contributed by atoms with Crippen molar-refractivity contribution >= 4 is 46.2 Å². The fourth-order valence-electron chi connectivity index (χ4n) is 4.24. The molecule has 4 aromatic rings. The van der Waals surface area contributed by atoms with Gasteiger partial charge in [0.2, 0.25) is 0 Å². The van der Waals surface area contributed by atoms with E-state index in [0.29, 0.717) is 43.7 Å². The van der Waals surface area contributed by atoms with Crippen molar-refractivity contribution in [2.75, 3.05) is 19.1 Å². The highest BCUT2D eigenvalue weighted by atomic mass is 35.5. The fourth-order valence-corrected chi connectivity index (χ4v) is 4.97. The Balaban J connectivity index is 1.64. The zero-order valence-electron chi connectivity index (χ0n) is 18.9. The van der Waals surface area contributed by atoms with Crippen LogP contribution in [0.1, 0.15) is 23.5 Å². The summed E-state index contributed by atoms with van der Waals surface area (Å²) in [5, 5.41) is 4.83. The number of nitrogens with one attached hydrogen (secondary N) is 1. The van der Waals surface area contributed by atoms with Gasteiger partial charge in [-0.25, -0.2) is 0 Å². The first-order valence-corrected chi connectivity index (χ1v) is 11.9. The second kappa shape index (κ2) is 9.77. The second-order valence-corrected chi connectivity index (χ2v) is 9.01. The van der Waals surface area contributed by atoms with Crippen molar-refractivity contribution in [2.24, 2.45) is 0 Å². The highest BCUT2D eigenvalue weighted by molar-refractivity contribution is 7.80. The number of pyridine rings is 1. The minimum absolute atomic E-state index is 0.274. The summed E-state index contributed by atoms with van der Waals surface area (Å²) in [7, 11) is 3.23. The van der Waals surface area contributed by atoms with E-state index in [2.05, 4.69) is 10.3 Å². The van der Waals surface area contributed by atoms with E-state index in [0.717, 1.165) is 11.4 Å². The van der Waals surface area contributed by atoms with E-state index in [1.165, 1.54) is 0 Å². The lowest BCUT2D eigenvalue weighted by molar-refractivity contribution is 0.392. The zero-order valence-corrected chi connectivity index (χ0v) is 21.2. The molecule has 0 aliphatic carbocycles. The van der Waals surface area contributed by atoms with Gasteiger partial charge in [-0.3, -0.25) is 4.98 Å². The number of aromatic nitrogens is 1. The number of nitrogens with zero attached hydrogens (tertiary/aromatic N) is 2. The molecule has 6 nitrogen and oxygen atoms in total. The number of ether oxygens (including phenoxy) is 2. The van der Waals surface area contributed by atoms with Gasteiger partial charge in [0.15, 0.2) is 5.11 Å². The minimum atomic E-state index is -0.355. The number of benzene rings is 2. The first-order valence-electron chi connectivity index (χ1n) is 10.8. The van der Waals surface area contributed by atoms with E-state index < -0.39 is 0 Å². The van der Waals surface area contributed by atoms with Gasteiger partial charge in [-0.2, -0.15) is 0 Å². The van der Waals surface area contributed by atoms with E-state index in [1.807, 2.05) is 65.6 Å². The maximum Gasteiger partial charge on any atom is 0.174 e. The van der Waals surface area contributed by atoms with Crippen LogP contribution >= 0.6 is 35.4 Å². The highest BCUT2D eigenvalue weighted by Crippen LogP contribution is 2.46. The number of hydrogen-bond acceptors (Lipinski definition) is 5. The third-order valence-electron chi connectivity index (χ3n) is 5.88. The van der Waals surface area contributed by atoms with Crippen LogP contribution < -0.4 is 19.7 Å². The summed E-state index contributed by atoms with van der Waals surface area (Å²) in [5.41, 5.74) is 2.31. The molecule has 2 atom stereocenters. The molecule has 2 aromatic carbocycles. The Kier molecular flexibility index (Phi) is 6.56. The summed E-state index contributed by atoms with van der Waals surface area (Å²) in [6.45, 7) is 0. The van der Waals surface area contributed by atoms with Crippen LogP contribution in [-0.4, -0.2) is 24.3 Å². The van der Waals surface area contributed by atoms with Crippen molar-refractivity contribution in [3.63, 3.8) is 0 Å². The van der Waals surface area contributed by atoms with E-state index >= 15 is 0 Å². The van der Waals surface area contributed by atoms with E-state index in [4.69, 9.17) is 49.3 Å². The monoisotopic (exact) mass is 525 g/mol. The number of rotatable bonds is 6.